The van der Waals surface area contributed by atoms with Crippen LogP contribution < -0.4 is 9.47 Å². The molecule has 0 amide bonds. The Labute approximate surface area is 368 Å². The van der Waals surface area contributed by atoms with Gasteiger partial charge in [-0.05, 0) is 148 Å². The predicted molar refractivity (Wildman–Crippen MR) is 262 cm³/mol. The van der Waals surface area contributed by atoms with Crippen LogP contribution in [0.5, 0.6) is 23.0 Å². The van der Waals surface area contributed by atoms with Crippen molar-refractivity contribution in [1.29, 1.82) is 0 Å². The molecule has 3 heteroatoms. The molecule has 0 saturated heterocycles. The van der Waals surface area contributed by atoms with Crippen molar-refractivity contribution in [1.82, 2.24) is 4.98 Å². The number of benzene rings is 11. The van der Waals surface area contributed by atoms with Gasteiger partial charge in [-0.3, -0.25) is 0 Å². The van der Waals surface area contributed by atoms with Crippen LogP contribution in [0.2, 0.25) is 0 Å². The van der Waals surface area contributed by atoms with Gasteiger partial charge in [-0.25, -0.2) is 0 Å². The molecule has 2 aliphatic carbocycles. The van der Waals surface area contributed by atoms with Crippen LogP contribution in [0.4, 0.5) is 0 Å². The number of fused-ring (bicyclic) bond motifs is 19. The van der Waals surface area contributed by atoms with Crippen LogP contribution in [0.15, 0.2) is 206 Å². The first kappa shape index (κ1) is 34.2. The van der Waals surface area contributed by atoms with Crippen molar-refractivity contribution in [3.63, 3.8) is 0 Å². The van der Waals surface area contributed by atoms with Gasteiger partial charge in [-0.2, -0.15) is 0 Å². The predicted octanol–water partition coefficient (Wildman–Crippen LogP) is 16.4. The molecule has 2 heterocycles. The van der Waals surface area contributed by atoms with Crippen LogP contribution in [0.1, 0.15) is 22.3 Å². The van der Waals surface area contributed by atoms with E-state index in [2.05, 4.69) is 187 Å². The number of nitrogens with one attached hydrogen (secondary N) is 1. The van der Waals surface area contributed by atoms with E-state index in [9.17, 15) is 0 Å². The lowest BCUT2D eigenvalue weighted by atomic mass is 9.70. The zero-order valence-electron chi connectivity index (χ0n) is 34.4. The number of hydrogen-bond acceptors (Lipinski definition) is 2. The van der Waals surface area contributed by atoms with E-state index < -0.39 is 5.41 Å². The third kappa shape index (κ3) is 4.35. The molecule has 0 saturated carbocycles. The summed E-state index contributed by atoms with van der Waals surface area (Å²) in [5, 5.41) is 9.95. The van der Waals surface area contributed by atoms with Gasteiger partial charge in [0.1, 0.15) is 0 Å². The Morgan fingerprint density at radius 1 is 0.312 bits per heavy atom. The number of rotatable bonds is 2. The molecule has 3 nitrogen and oxygen atoms in total. The number of H-pyrrole nitrogens is 1. The molecular weight excluding hydrogens is 779 g/mol. The minimum Gasteiger partial charge on any atom is -0.450 e. The Morgan fingerprint density at radius 3 is 1.48 bits per heavy atom. The molecule has 1 spiro atoms. The van der Waals surface area contributed by atoms with E-state index in [-0.39, 0.29) is 0 Å². The van der Waals surface area contributed by atoms with Crippen molar-refractivity contribution in [2.75, 3.05) is 0 Å². The van der Waals surface area contributed by atoms with Crippen molar-refractivity contribution in [3.8, 4) is 67.5 Å². The monoisotopic (exact) mass is 813 g/mol. The molecule has 11 aromatic carbocycles. The fourth-order valence-corrected chi connectivity index (χ4v) is 11.9. The lowest BCUT2D eigenvalue weighted by Gasteiger charge is -2.31. The van der Waals surface area contributed by atoms with E-state index >= 15 is 0 Å². The van der Waals surface area contributed by atoms with Crippen molar-refractivity contribution < 1.29 is 9.47 Å². The van der Waals surface area contributed by atoms with Crippen LogP contribution in [0.3, 0.4) is 0 Å². The summed E-state index contributed by atoms with van der Waals surface area (Å²) in [6.07, 6.45) is 0. The second-order valence-corrected chi connectivity index (χ2v) is 17.5. The number of hydrogen-bond donors (Lipinski definition) is 1. The molecule has 3 aliphatic rings. The van der Waals surface area contributed by atoms with E-state index in [0.717, 1.165) is 34.0 Å². The van der Waals surface area contributed by atoms with Gasteiger partial charge >= 0.3 is 0 Å². The minimum atomic E-state index is -0.576. The molecule has 0 atom stereocenters. The molecule has 1 N–H and O–H groups in total. The van der Waals surface area contributed by atoms with E-state index in [1.54, 1.807) is 0 Å². The Hall–Kier alpha value is -8.40. The smallest absolute Gasteiger partial charge is 0.170 e. The highest BCUT2D eigenvalue weighted by Gasteiger charge is 2.52. The molecule has 296 valence electrons. The summed E-state index contributed by atoms with van der Waals surface area (Å²) in [6, 6.07) is 75.7. The van der Waals surface area contributed by atoms with Crippen LogP contribution >= 0.6 is 0 Å². The van der Waals surface area contributed by atoms with Gasteiger partial charge in [-0.15, -0.1) is 0 Å². The van der Waals surface area contributed by atoms with Crippen molar-refractivity contribution in [2.24, 2.45) is 0 Å². The summed E-state index contributed by atoms with van der Waals surface area (Å²) in [7, 11) is 0. The highest BCUT2D eigenvalue weighted by molar-refractivity contribution is 6.24. The lowest BCUT2D eigenvalue weighted by molar-refractivity contribution is 0.359. The van der Waals surface area contributed by atoms with Crippen LogP contribution in [-0.4, -0.2) is 4.98 Å². The molecule has 12 aromatic rings. The van der Waals surface area contributed by atoms with Gasteiger partial charge in [0.25, 0.3) is 0 Å². The average Bonchev–Trinajstić information content (AvgIpc) is 3.97. The number of aromatic nitrogens is 1. The Kier molecular flexibility index (Phi) is 6.61. The Morgan fingerprint density at radius 2 is 0.812 bits per heavy atom. The normalized spacial score (nSPS) is 13.7. The van der Waals surface area contributed by atoms with Gasteiger partial charge in [0.05, 0.1) is 5.41 Å². The summed E-state index contributed by atoms with van der Waals surface area (Å²) in [5.74, 6) is 2.92. The third-order valence-electron chi connectivity index (χ3n) is 14.4. The van der Waals surface area contributed by atoms with Crippen molar-refractivity contribution >= 4 is 54.1 Å². The Balaban J connectivity index is 0.997. The highest BCUT2D eigenvalue weighted by atomic mass is 16.6. The summed E-state index contributed by atoms with van der Waals surface area (Å²) >= 11 is 0. The standard InChI is InChI=1S/C61H35NO2/c1-2-14-38-35(13-1)26-30-53-60(38)47-31-36(27-29-52(47)62-53)58-42-17-3-5-19-44(42)59(45-20-6-4-18-43(45)58)37-25-28-41-46-33-56-57(64-55-24-12-11-23-54(55)63-56)34-51(46)61(50(41)32-37)48-21-9-7-15-39(48)40-16-8-10-22-49(40)61/h1-34,62H. The second-order valence-electron chi connectivity index (χ2n) is 17.5. The fourth-order valence-electron chi connectivity index (χ4n) is 11.9. The van der Waals surface area contributed by atoms with E-state index in [0.29, 0.717) is 0 Å². The quantitative estimate of drug-likeness (QED) is 0.176. The fraction of sp³-hybridized carbons (Fsp3) is 0.0164. The minimum absolute atomic E-state index is 0.576. The van der Waals surface area contributed by atoms with E-state index in [1.165, 1.54) is 110 Å². The molecule has 1 aromatic heterocycles. The van der Waals surface area contributed by atoms with Crippen molar-refractivity contribution in [2.45, 2.75) is 5.41 Å². The van der Waals surface area contributed by atoms with Gasteiger partial charge in [0.15, 0.2) is 23.0 Å². The maximum atomic E-state index is 6.65. The summed E-state index contributed by atoms with van der Waals surface area (Å²) < 4.78 is 13.2. The van der Waals surface area contributed by atoms with E-state index in [1.807, 2.05) is 24.3 Å². The third-order valence-corrected chi connectivity index (χ3v) is 14.4. The van der Waals surface area contributed by atoms with Crippen LogP contribution in [0.25, 0.3) is 98.6 Å². The summed E-state index contributed by atoms with van der Waals surface area (Å²) in [6.45, 7) is 0. The first-order chi connectivity index (χ1) is 31.7. The average molecular weight is 814 g/mol. The first-order valence-electron chi connectivity index (χ1n) is 22.1. The largest absolute Gasteiger partial charge is 0.450 e. The zero-order chi connectivity index (χ0) is 41.7. The zero-order valence-corrected chi connectivity index (χ0v) is 34.4. The number of aromatic amines is 1. The SMILES string of the molecule is c1ccc2c(c1)Oc1cc3c(cc1O2)C1(c2ccccc2-c2ccccc21)c1cc(-c2c4ccccc4c(-c4ccc5[nH]c6ccc7ccccc7c6c5c4)c4ccccc24)ccc1-3. The maximum Gasteiger partial charge on any atom is 0.170 e. The van der Waals surface area contributed by atoms with Gasteiger partial charge in [0, 0.05) is 21.8 Å². The van der Waals surface area contributed by atoms with Crippen LogP contribution in [-0.2, 0) is 5.41 Å². The highest BCUT2D eigenvalue weighted by Crippen LogP contribution is 2.65. The van der Waals surface area contributed by atoms with E-state index in [4.69, 9.17) is 9.47 Å². The van der Waals surface area contributed by atoms with Crippen LogP contribution in [0, 0.1) is 0 Å². The van der Waals surface area contributed by atoms with Gasteiger partial charge < -0.3 is 14.5 Å². The van der Waals surface area contributed by atoms with Crippen molar-refractivity contribution in [3.05, 3.63) is 229 Å². The molecule has 64 heavy (non-hydrogen) atoms. The Bertz CT molecular complexity index is 3940. The summed E-state index contributed by atoms with van der Waals surface area (Å²) in [5.41, 5.74) is 16.6. The molecule has 1 aliphatic heterocycles. The topological polar surface area (TPSA) is 34.2 Å². The molecule has 0 unspecified atom stereocenters. The molecular formula is C61H35NO2. The first-order valence-corrected chi connectivity index (χ1v) is 22.1. The molecule has 0 radical (unpaired) electrons. The number of ether oxygens (including phenoxy) is 2. The molecule has 0 fully saturated rings. The second kappa shape index (κ2) is 12.4. The molecule has 15 rings (SSSR count). The maximum absolute atomic E-state index is 6.65. The van der Waals surface area contributed by atoms with Gasteiger partial charge in [0.2, 0.25) is 0 Å². The number of para-hydroxylation sites is 2. The van der Waals surface area contributed by atoms with Gasteiger partial charge in [-0.1, -0.05) is 158 Å². The lowest BCUT2D eigenvalue weighted by Crippen LogP contribution is -2.26. The summed E-state index contributed by atoms with van der Waals surface area (Å²) in [4.78, 5) is 3.72. The molecule has 0 bridgehead atoms.